The summed E-state index contributed by atoms with van der Waals surface area (Å²) in [5.74, 6) is 1.17. The molecule has 0 radical (unpaired) electrons. The zero-order chi connectivity index (χ0) is 13.5. The van der Waals surface area contributed by atoms with Crippen molar-refractivity contribution in [3.63, 3.8) is 0 Å². The third-order valence-electron chi connectivity index (χ3n) is 3.29. The van der Waals surface area contributed by atoms with E-state index in [1.807, 2.05) is 24.3 Å². The lowest BCUT2D eigenvalue weighted by atomic mass is 10.1. The molecule has 0 bridgehead atoms. The van der Waals surface area contributed by atoms with Crippen molar-refractivity contribution in [3.8, 4) is 5.75 Å². The van der Waals surface area contributed by atoms with Crippen molar-refractivity contribution in [3.05, 3.63) is 29.8 Å². The van der Waals surface area contributed by atoms with Crippen LogP contribution in [-0.4, -0.2) is 25.6 Å². The Balaban J connectivity index is 0.00000200. The van der Waals surface area contributed by atoms with Gasteiger partial charge >= 0.3 is 0 Å². The standard InChI is InChI=1S/C15H22N2O2.ClH/c1-2-9-19-14-5-3-12(4-6-14)10-17-15(18)13-7-8-16-11-13;/h3-6,13,16H,2,7-11H2,1H3,(H,17,18);1H. The summed E-state index contributed by atoms with van der Waals surface area (Å²) in [6, 6.07) is 7.90. The number of hydrogen-bond acceptors (Lipinski definition) is 3. The maximum absolute atomic E-state index is 11.9. The Morgan fingerprint density at radius 2 is 2.15 bits per heavy atom. The molecule has 1 aromatic carbocycles. The van der Waals surface area contributed by atoms with Crippen LogP contribution in [0, 0.1) is 5.92 Å². The molecule has 1 fully saturated rings. The molecule has 1 unspecified atom stereocenters. The summed E-state index contributed by atoms with van der Waals surface area (Å²) in [5, 5.41) is 6.18. The zero-order valence-corrected chi connectivity index (χ0v) is 12.7. The molecule has 1 aliphatic rings. The highest BCUT2D eigenvalue weighted by Crippen LogP contribution is 2.13. The van der Waals surface area contributed by atoms with Crippen LogP contribution in [-0.2, 0) is 11.3 Å². The number of benzene rings is 1. The van der Waals surface area contributed by atoms with Crippen LogP contribution < -0.4 is 15.4 Å². The fourth-order valence-corrected chi connectivity index (χ4v) is 2.14. The van der Waals surface area contributed by atoms with Crippen molar-refractivity contribution < 1.29 is 9.53 Å². The second-order valence-corrected chi connectivity index (χ2v) is 4.90. The van der Waals surface area contributed by atoms with Gasteiger partial charge in [-0.05, 0) is 37.1 Å². The van der Waals surface area contributed by atoms with Gasteiger partial charge in [0.1, 0.15) is 5.75 Å². The molecule has 5 heteroatoms. The first kappa shape index (κ1) is 16.8. The van der Waals surface area contributed by atoms with Gasteiger partial charge in [0.2, 0.25) is 5.91 Å². The lowest BCUT2D eigenvalue weighted by molar-refractivity contribution is -0.124. The van der Waals surface area contributed by atoms with Crippen LogP contribution in [0.15, 0.2) is 24.3 Å². The van der Waals surface area contributed by atoms with Crippen molar-refractivity contribution in [2.75, 3.05) is 19.7 Å². The number of halogens is 1. The number of hydrogen-bond donors (Lipinski definition) is 2. The smallest absolute Gasteiger partial charge is 0.224 e. The molecule has 20 heavy (non-hydrogen) atoms. The third-order valence-corrected chi connectivity index (χ3v) is 3.29. The quantitative estimate of drug-likeness (QED) is 0.846. The molecule has 1 aromatic rings. The first-order chi connectivity index (χ1) is 9.29. The summed E-state index contributed by atoms with van der Waals surface area (Å²) < 4.78 is 5.52. The van der Waals surface area contributed by atoms with E-state index in [0.29, 0.717) is 6.54 Å². The number of amides is 1. The van der Waals surface area contributed by atoms with E-state index in [1.54, 1.807) is 0 Å². The van der Waals surface area contributed by atoms with E-state index in [-0.39, 0.29) is 24.2 Å². The fraction of sp³-hybridized carbons (Fsp3) is 0.533. The molecule has 1 amide bonds. The molecule has 2 rings (SSSR count). The van der Waals surface area contributed by atoms with Crippen LogP contribution in [0.1, 0.15) is 25.3 Å². The van der Waals surface area contributed by atoms with E-state index >= 15 is 0 Å². The van der Waals surface area contributed by atoms with Crippen molar-refractivity contribution in [2.45, 2.75) is 26.3 Å². The monoisotopic (exact) mass is 298 g/mol. The van der Waals surface area contributed by atoms with Crippen molar-refractivity contribution in [2.24, 2.45) is 5.92 Å². The van der Waals surface area contributed by atoms with Gasteiger partial charge in [0, 0.05) is 13.1 Å². The summed E-state index contributed by atoms with van der Waals surface area (Å²) in [5.41, 5.74) is 1.10. The molecule has 1 saturated heterocycles. The second-order valence-electron chi connectivity index (χ2n) is 4.90. The normalized spacial score (nSPS) is 17.4. The second kappa shape index (κ2) is 8.82. The van der Waals surface area contributed by atoms with Crippen LogP contribution in [0.4, 0.5) is 0 Å². The van der Waals surface area contributed by atoms with E-state index in [4.69, 9.17) is 4.74 Å². The first-order valence-electron chi connectivity index (χ1n) is 6.99. The van der Waals surface area contributed by atoms with E-state index in [2.05, 4.69) is 17.6 Å². The molecule has 1 aliphatic heterocycles. The van der Waals surface area contributed by atoms with Crippen molar-refractivity contribution >= 4 is 18.3 Å². The lowest BCUT2D eigenvalue weighted by Gasteiger charge is -2.10. The highest BCUT2D eigenvalue weighted by molar-refractivity contribution is 5.85. The van der Waals surface area contributed by atoms with Gasteiger partial charge in [0.15, 0.2) is 0 Å². The molecule has 1 heterocycles. The first-order valence-corrected chi connectivity index (χ1v) is 6.99. The van der Waals surface area contributed by atoms with Crippen LogP contribution in [0.25, 0.3) is 0 Å². The number of nitrogens with one attached hydrogen (secondary N) is 2. The number of carbonyl (C=O) groups excluding carboxylic acids is 1. The molecule has 2 N–H and O–H groups in total. The van der Waals surface area contributed by atoms with Crippen LogP contribution in [0.2, 0.25) is 0 Å². The molecule has 0 spiro atoms. The lowest BCUT2D eigenvalue weighted by Crippen LogP contribution is -2.31. The number of rotatable bonds is 6. The van der Waals surface area contributed by atoms with E-state index in [0.717, 1.165) is 43.9 Å². The average molecular weight is 299 g/mol. The summed E-state index contributed by atoms with van der Waals surface area (Å²) in [7, 11) is 0. The maximum Gasteiger partial charge on any atom is 0.224 e. The number of carbonyl (C=O) groups is 1. The predicted molar refractivity (Wildman–Crippen MR) is 82.3 cm³/mol. The summed E-state index contributed by atoms with van der Waals surface area (Å²) in [6.45, 7) is 5.16. The Bertz CT molecular complexity index is 403. The molecule has 0 aliphatic carbocycles. The molecule has 0 aromatic heterocycles. The van der Waals surface area contributed by atoms with Crippen LogP contribution in [0.3, 0.4) is 0 Å². The minimum Gasteiger partial charge on any atom is -0.494 e. The van der Waals surface area contributed by atoms with Gasteiger partial charge in [-0.3, -0.25) is 4.79 Å². The minimum atomic E-state index is 0. The van der Waals surface area contributed by atoms with Gasteiger partial charge in [-0.15, -0.1) is 12.4 Å². The molecule has 112 valence electrons. The largest absolute Gasteiger partial charge is 0.494 e. The Labute approximate surface area is 126 Å². The molecule has 0 saturated carbocycles. The van der Waals surface area contributed by atoms with Crippen LogP contribution in [0.5, 0.6) is 5.75 Å². The van der Waals surface area contributed by atoms with Crippen molar-refractivity contribution in [1.82, 2.24) is 10.6 Å². The van der Waals surface area contributed by atoms with Gasteiger partial charge in [-0.1, -0.05) is 19.1 Å². The van der Waals surface area contributed by atoms with Gasteiger partial charge < -0.3 is 15.4 Å². The molecular formula is C15H23ClN2O2. The summed E-state index contributed by atoms with van der Waals surface area (Å²) >= 11 is 0. The van der Waals surface area contributed by atoms with E-state index < -0.39 is 0 Å². The Hall–Kier alpha value is -1.26. The summed E-state index contributed by atoms with van der Waals surface area (Å²) in [6.07, 6.45) is 1.95. The topological polar surface area (TPSA) is 50.4 Å². The highest BCUT2D eigenvalue weighted by atomic mass is 35.5. The Morgan fingerprint density at radius 3 is 2.75 bits per heavy atom. The van der Waals surface area contributed by atoms with Gasteiger partial charge in [0.05, 0.1) is 12.5 Å². The fourth-order valence-electron chi connectivity index (χ4n) is 2.14. The van der Waals surface area contributed by atoms with Gasteiger partial charge in [-0.2, -0.15) is 0 Å². The molecule has 1 atom stereocenters. The molecule has 4 nitrogen and oxygen atoms in total. The SMILES string of the molecule is CCCOc1ccc(CNC(=O)C2CCNC2)cc1.Cl. The Morgan fingerprint density at radius 1 is 1.40 bits per heavy atom. The minimum absolute atomic E-state index is 0. The highest BCUT2D eigenvalue weighted by Gasteiger charge is 2.21. The van der Waals surface area contributed by atoms with Crippen LogP contribution >= 0.6 is 12.4 Å². The van der Waals surface area contributed by atoms with Gasteiger partial charge in [0.25, 0.3) is 0 Å². The Kier molecular flexibility index (Phi) is 7.41. The summed E-state index contributed by atoms with van der Waals surface area (Å²) in [4.78, 5) is 11.9. The van der Waals surface area contributed by atoms with E-state index in [9.17, 15) is 4.79 Å². The number of ether oxygens (including phenoxy) is 1. The third kappa shape index (κ3) is 5.02. The maximum atomic E-state index is 11.9. The predicted octanol–water partition coefficient (Wildman–Crippen LogP) is 2.12. The zero-order valence-electron chi connectivity index (χ0n) is 11.9. The van der Waals surface area contributed by atoms with E-state index in [1.165, 1.54) is 0 Å². The van der Waals surface area contributed by atoms with Gasteiger partial charge in [-0.25, -0.2) is 0 Å². The average Bonchev–Trinajstić information content (AvgIpc) is 2.98. The molecular weight excluding hydrogens is 276 g/mol. The van der Waals surface area contributed by atoms with Crippen molar-refractivity contribution in [1.29, 1.82) is 0 Å².